The molecule has 0 aliphatic heterocycles. The first-order valence-electron chi connectivity index (χ1n) is 16.2. The minimum Gasteiger partial charge on any atom is -0.352 e. The highest BCUT2D eigenvalue weighted by atomic mass is 35.5. The van der Waals surface area contributed by atoms with Gasteiger partial charge in [-0.15, -0.1) is 0 Å². The Hall–Kier alpha value is -3.85. The van der Waals surface area contributed by atoms with Gasteiger partial charge in [-0.05, 0) is 97.5 Å². The highest BCUT2D eigenvalue weighted by Gasteiger charge is 2.35. The number of hydrogen-bond acceptors (Lipinski definition) is 4. The van der Waals surface area contributed by atoms with Gasteiger partial charge in [0.25, 0.3) is 10.0 Å². The molecule has 5 rings (SSSR count). The molecule has 0 unspecified atom stereocenters. The molecule has 4 aromatic carbocycles. The van der Waals surface area contributed by atoms with Gasteiger partial charge in [-0.25, -0.2) is 8.42 Å². The van der Waals surface area contributed by atoms with Gasteiger partial charge in [-0.1, -0.05) is 91.0 Å². The minimum absolute atomic E-state index is 0.00445. The van der Waals surface area contributed by atoms with Crippen LogP contribution in [0, 0.1) is 13.8 Å². The van der Waals surface area contributed by atoms with Crippen molar-refractivity contribution in [2.45, 2.75) is 75.9 Å². The fourth-order valence-corrected chi connectivity index (χ4v) is 7.82. The van der Waals surface area contributed by atoms with E-state index < -0.39 is 28.5 Å². The molecule has 0 radical (unpaired) electrons. The van der Waals surface area contributed by atoms with Crippen LogP contribution in [0.4, 0.5) is 5.69 Å². The third kappa shape index (κ3) is 8.98. The van der Waals surface area contributed by atoms with Crippen LogP contribution in [-0.2, 0) is 32.6 Å². The largest absolute Gasteiger partial charge is 0.352 e. The first-order valence-corrected chi connectivity index (χ1v) is 18.4. The predicted molar refractivity (Wildman–Crippen MR) is 193 cm³/mol. The smallest absolute Gasteiger partial charge is 0.264 e. The fraction of sp³-hybridized carbons (Fsp3) is 0.316. The van der Waals surface area contributed by atoms with Gasteiger partial charge in [0, 0.05) is 29.1 Å². The SMILES string of the molecule is Cc1ccc(N(CC(=O)N(Cc2cccc(Cl)c2)[C@H](Cc2ccccc2)C(=O)NC2CCCCC2)S(=O)(=O)c2ccc(Cl)cc2)cc1C. The second-order valence-corrected chi connectivity index (χ2v) is 15.2. The summed E-state index contributed by atoms with van der Waals surface area (Å²) in [6.45, 7) is 3.35. The number of hydrogen-bond donors (Lipinski definition) is 1. The second-order valence-electron chi connectivity index (χ2n) is 12.4. The molecule has 4 aromatic rings. The zero-order valence-corrected chi connectivity index (χ0v) is 29.6. The van der Waals surface area contributed by atoms with Gasteiger partial charge in [0.1, 0.15) is 12.6 Å². The van der Waals surface area contributed by atoms with Crippen LogP contribution in [0.5, 0.6) is 0 Å². The zero-order chi connectivity index (χ0) is 34.3. The number of carbonyl (C=O) groups excluding carboxylic acids is 2. The van der Waals surface area contributed by atoms with E-state index >= 15 is 0 Å². The van der Waals surface area contributed by atoms with Crippen molar-refractivity contribution in [2.24, 2.45) is 0 Å². The maximum absolute atomic E-state index is 14.7. The van der Waals surface area contributed by atoms with Crippen LogP contribution >= 0.6 is 23.2 Å². The quantitative estimate of drug-likeness (QED) is 0.162. The number of halogens is 2. The molecule has 252 valence electrons. The highest BCUT2D eigenvalue weighted by molar-refractivity contribution is 7.92. The van der Waals surface area contributed by atoms with Crippen molar-refractivity contribution in [3.63, 3.8) is 0 Å². The van der Waals surface area contributed by atoms with E-state index in [1.165, 1.54) is 29.2 Å². The number of sulfonamides is 1. The summed E-state index contributed by atoms with van der Waals surface area (Å²) in [6.07, 6.45) is 5.21. The average Bonchev–Trinajstić information content (AvgIpc) is 3.07. The topological polar surface area (TPSA) is 86.8 Å². The van der Waals surface area contributed by atoms with Gasteiger partial charge in [0.05, 0.1) is 10.6 Å². The molecule has 0 spiro atoms. The first-order chi connectivity index (χ1) is 23.0. The van der Waals surface area contributed by atoms with E-state index in [4.69, 9.17) is 23.2 Å². The Morgan fingerprint density at radius 3 is 2.15 bits per heavy atom. The van der Waals surface area contributed by atoms with Gasteiger partial charge >= 0.3 is 0 Å². The molecule has 7 nitrogen and oxygen atoms in total. The molecule has 1 atom stereocenters. The summed E-state index contributed by atoms with van der Waals surface area (Å²) in [5.41, 5.74) is 3.80. The predicted octanol–water partition coefficient (Wildman–Crippen LogP) is 7.89. The van der Waals surface area contributed by atoms with Gasteiger partial charge in [-0.3, -0.25) is 13.9 Å². The van der Waals surface area contributed by atoms with Crippen LogP contribution in [0.1, 0.15) is 54.4 Å². The monoisotopic (exact) mass is 705 g/mol. The van der Waals surface area contributed by atoms with E-state index in [-0.39, 0.29) is 29.8 Å². The lowest BCUT2D eigenvalue weighted by Gasteiger charge is -2.35. The van der Waals surface area contributed by atoms with Crippen molar-refractivity contribution in [1.29, 1.82) is 0 Å². The third-order valence-corrected chi connectivity index (χ3v) is 11.2. The van der Waals surface area contributed by atoms with Crippen molar-refractivity contribution >= 4 is 50.7 Å². The molecule has 0 bridgehead atoms. The Balaban J connectivity index is 1.58. The Morgan fingerprint density at radius 2 is 1.48 bits per heavy atom. The van der Waals surface area contributed by atoms with Gasteiger partial charge in [0.2, 0.25) is 11.8 Å². The van der Waals surface area contributed by atoms with Crippen molar-refractivity contribution in [2.75, 3.05) is 10.8 Å². The summed E-state index contributed by atoms with van der Waals surface area (Å²) < 4.78 is 29.7. The lowest BCUT2D eigenvalue weighted by molar-refractivity contribution is -0.140. The van der Waals surface area contributed by atoms with Crippen molar-refractivity contribution in [1.82, 2.24) is 10.2 Å². The molecule has 48 heavy (non-hydrogen) atoms. The Kier molecular flexibility index (Phi) is 11.8. The lowest BCUT2D eigenvalue weighted by atomic mass is 9.94. The van der Waals surface area contributed by atoms with E-state index in [1.54, 1.807) is 30.3 Å². The van der Waals surface area contributed by atoms with Gasteiger partial charge in [-0.2, -0.15) is 0 Å². The second kappa shape index (κ2) is 16.0. The molecule has 1 aliphatic carbocycles. The number of carbonyl (C=O) groups is 2. The first kappa shape index (κ1) is 35.5. The summed E-state index contributed by atoms with van der Waals surface area (Å²) in [7, 11) is -4.23. The molecule has 10 heteroatoms. The van der Waals surface area contributed by atoms with Crippen molar-refractivity contribution < 1.29 is 18.0 Å². The minimum atomic E-state index is -4.23. The maximum atomic E-state index is 14.7. The summed E-state index contributed by atoms with van der Waals surface area (Å²) in [4.78, 5) is 30.4. The Labute approximate surface area is 293 Å². The lowest BCUT2D eigenvalue weighted by Crippen LogP contribution is -2.55. The number of nitrogens with one attached hydrogen (secondary N) is 1. The number of amides is 2. The van der Waals surface area contributed by atoms with Crippen molar-refractivity contribution in [3.05, 3.63) is 129 Å². The van der Waals surface area contributed by atoms with E-state index in [1.807, 2.05) is 56.3 Å². The molecular weight excluding hydrogens is 665 g/mol. The average molecular weight is 707 g/mol. The third-order valence-electron chi connectivity index (χ3n) is 8.92. The van der Waals surface area contributed by atoms with Crippen LogP contribution in [0.2, 0.25) is 10.0 Å². The Morgan fingerprint density at radius 1 is 0.792 bits per heavy atom. The summed E-state index contributed by atoms with van der Waals surface area (Å²) >= 11 is 12.5. The molecular formula is C38H41Cl2N3O4S. The van der Waals surface area contributed by atoms with E-state index in [0.717, 1.165) is 58.7 Å². The van der Waals surface area contributed by atoms with Crippen LogP contribution in [-0.4, -0.2) is 43.8 Å². The van der Waals surface area contributed by atoms with Gasteiger partial charge in [0.15, 0.2) is 0 Å². The molecule has 1 saturated carbocycles. The molecule has 0 saturated heterocycles. The molecule has 1 N–H and O–H groups in total. The maximum Gasteiger partial charge on any atom is 0.264 e. The standard InChI is InChI=1S/C38H41Cl2N3O4S/c1-27-16-19-34(22-28(27)2)43(48(46,47)35-20-17-31(39)18-21-35)26-37(44)42(25-30-12-9-13-32(40)23-30)36(24-29-10-5-3-6-11-29)38(45)41-33-14-7-4-8-15-33/h3,5-6,9-13,16-23,33,36H,4,7-8,14-15,24-26H2,1-2H3,(H,41,45)/t36-/m1/s1. The summed E-state index contributed by atoms with van der Waals surface area (Å²) in [5, 5.41) is 4.11. The molecule has 0 aromatic heterocycles. The number of nitrogens with zero attached hydrogens (tertiary/aromatic N) is 2. The fourth-order valence-electron chi connectivity index (χ4n) is 6.07. The van der Waals surface area contributed by atoms with Crippen molar-refractivity contribution in [3.8, 4) is 0 Å². The summed E-state index contributed by atoms with van der Waals surface area (Å²) in [5.74, 6) is -0.787. The number of aryl methyl sites for hydroxylation is 2. The molecule has 0 heterocycles. The van der Waals surface area contributed by atoms with Crippen LogP contribution in [0.25, 0.3) is 0 Å². The van der Waals surface area contributed by atoms with E-state index in [2.05, 4.69) is 5.32 Å². The van der Waals surface area contributed by atoms with Gasteiger partial charge < -0.3 is 10.2 Å². The van der Waals surface area contributed by atoms with Crippen LogP contribution in [0.3, 0.4) is 0 Å². The molecule has 1 aliphatic rings. The van der Waals surface area contributed by atoms with E-state index in [0.29, 0.717) is 15.7 Å². The van der Waals surface area contributed by atoms with Crippen LogP contribution < -0.4 is 9.62 Å². The normalized spacial score (nSPS) is 14.2. The van der Waals surface area contributed by atoms with E-state index in [9.17, 15) is 18.0 Å². The number of anilines is 1. The number of rotatable bonds is 12. The summed E-state index contributed by atoms with van der Waals surface area (Å²) in [6, 6.07) is 26.9. The highest BCUT2D eigenvalue weighted by Crippen LogP contribution is 2.28. The zero-order valence-electron chi connectivity index (χ0n) is 27.2. The Bertz CT molecular complexity index is 1830. The number of benzene rings is 4. The molecule has 2 amide bonds. The molecule has 1 fully saturated rings. The van der Waals surface area contributed by atoms with Crippen LogP contribution in [0.15, 0.2) is 102 Å².